The predicted octanol–water partition coefficient (Wildman–Crippen LogP) is 2.85. The summed E-state index contributed by atoms with van der Waals surface area (Å²) in [5, 5.41) is 3.67. The van der Waals surface area contributed by atoms with E-state index in [0.717, 1.165) is 0 Å². The second kappa shape index (κ2) is 4.75. The zero-order valence-electron chi connectivity index (χ0n) is 9.66. The number of rotatable bonds is 4. The number of nitrogens with one attached hydrogen (secondary N) is 1. The molecule has 0 fully saturated rings. The Morgan fingerprint density at radius 1 is 1.60 bits per heavy atom. The van der Waals surface area contributed by atoms with Gasteiger partial charge >= 0.3 is 0 Å². The van der Waals surface area contributed by atoms with Gasteiger partial charge in [-0.05, 0) is 37.8 Å². The standard InChI is InChI=1S/C13H20N2/c1-3-5-10(2)15-12-8-7-11-6-4-9-14-13(11)12/h4,6,9-10,12,15H,3,5,7-8H2,1-2H3. The Morgan fingerprint density at radius 3 is 3.27 bits per heavy atom. The maximum absolute atomic E-state index is 4.49. The zero-order valence-corrected chi connectivity index (χ0v) is 9.66. The Morgan fingerprint density at radius 2 is 2.47 bits per heavy atom. The van der Waals surface area contributed by atoms with Crippen LogP contribution in [0, 0.1) is 0 Å². The van der Waals surface area contributed by atoms with Crippen LogP contribution in [0.1, 0.15) is 50.4 Å². The van der Waals surface area contributed by atoms with Gasteiger partial charge in [0.1, 0.15) is 0 Å². The van der Waals surface area contributed by atoms with Crippen LogP contribution in [0.25, 0.3) is 0 Å². The Labute approximate surface area is 92.1 Å². The largest absolute Gasteiger partial charge is 0.306 e. The normalized spacial score (nSPS) is 21.3. The summed E-state index contributed by atoms with van der Waals surface area (Å²) in [6.07, 6.45) is 6.79. The van der Waals surface area contributed by atoms with Crippen molar-refractivity contribution in [2.45, 2.75) is 51.6 Å². The second-order valence-corrected chi connectivity index (χ2v) is 4.50. The van der Waals surface area contributed by atoms with Gasteiger partial charge in [0.25, 0.3) is 0 Å². The molecule has 0 saturated heterocycles. The van der Waals surface area contributed by atoms with Gasteiger partial charge in [-0.15, -0.1) is 0 Å². The van der Waals surface area contributed by atoms with Crippen LogP contribution in [0.3, 0.4) is 0 Å². The van der Waals surface area contributed by atoms with E-state index in [9.17, 15) is 0 Å². The number of nitrogens with zero attached hydrogens (tertiary/aromatic N) is 1. The molecule has 1 aromatic heterocycles. The average molecular weight is 204 g/mol. The van der Waals surface area contributed by atoms with E-state index in [-0.39, 0.29) is 0 Å². The molecule has 1 aliphatic carbocycles. The minimum atomic E-state index is 0.489. The molecule has 0 aromatic carbocycles. The lowest BCUT2D eigenvalue weighted by Gasteiger charge is -2.19. The summed E-state index contributed by atoms with van der Waals surface area (Å²) in [5.74, 6) is 0. The smallest absolute Gasteiger partial charge is 0.0605 e. The van der Waals surface area contributed by atoms with Gasteiger partial charge in [-0.25, -0.2) is 0 Å². The second-order valence-electron chi connectivity index (χ2n) is 4.50. The summed E-state index contributed by atoms with van der Waals surface area (Å²) in [6.45, 7) is 4.50. The van der Waals surface area contributed by atoms with E-state index in [1.165, 1.54) is 36.9 Å². The SMILES string of the molecule is CCCC(C)NC1CCc2cccnc21. The quantitative estimate of drug-likeness (QED) is 0.815. The highest BCUT2D eigenvalue weighted by Gasteiger charge is 2.23. The molecule has 82 valence electrons. The van der Waals surface area contributed by atoms with E-state index in [1.54, 1.807) is 0 Å². The third kappa shape index (κ3) is 2.37. The van der Waals surface area contributed by atoms with Crippen molar-refractivity contribution >= 4 is 0 Å². The molecule has 0 saturated carbocycles. The van der Waals surface area contributed by atoms with Gasteiger partial charge in [0.15, 0.2) is 0 Å². The third-order valence-electron chi connectivity index (χ3n) is 3.17. The molecule has 0 spiro atoms. The van der Waals surface area contributed by atoms with Crippen LogP contribution >= 0.6 is 0 Å². The molecular weight excluding hydrogens is 184 g/mol. The molecule has 1 heterocycles. The highest BCUT2D eigenvalue weighted by Crippen LogP contribution is 2.29. The molecule has 2 nitrogen and oxygen atoms in total. The van der Waals surface area contributed by atoms with Crippen molar-refractivity contribution in [3.05, 3.63) is 29.6 Å². The molecule has 0 radical (unpaired) electrons. The Kier molecular flexibility index (Phi) is 3.37. The Balaban J connectivity index is 2.01. The van der Waals surface area contributed by atoms with Crippen molar-refractivity contribution in [1.29, 1.82) is 0 Å². The lowest BCUT2D eigenvalue weighted by atomic mass is 10.1. The van der Waals surface area contributed by atoms with Crippen molar-refractivity contribution in [2.24, 2.45) is 0 Å². The molecule has 0 amide bonds. The molecule has 1 N–H and O–H groups in total. The van der Waals surface area contributed by atoms with Crippen LogP contribution in [-0.4, -0.2) is 11.0 Å². The molecule has 2 rings (SSSR count). The maximum Gasteiger partial charge on any atom is 0.0605 e. The van der Waals surface area contributed by atoms with Crippen molar-refractivity contribution < 1.29 is 0 Å². The molecule has 1 aliphatic rings. The van der Waals surface area contributed by atoms with Gasteiger partial charge in [-0.1, -0.05) is 19.4 Å². The minimum Gasteiger partial charge on any atom is -0.306 e. The van der Waals surface area contributed by atoms with Crippen molar-refractivity contribution in [2.75, 3.05) is 0 Å². The molecule has 15 heavy (non-hydrogen) atoms. The molecule has 2 heteroatoms. The number of pyridine rings is 1. The number of hydrogen-bond acceptors (Lipinski definition) is 2. The summed E-state index contributed by atoms with van der Waals surface area (Å²) in [6, 6.07) is 5.33. The summed E-state index contributed by atoms with van der Waals surface area (Å²) in [5.41, 5.74) is 2.71. The third-order valence-corrected chi connectivity index (χ3v) is 3.17. The van der Waals surface area contributed by atoms with Crippen molar-refractivity contribution in [3.63, 3.8) is 0 Å². The first-order chi connectivity index (χ1) is 7.31. The number of aryl methyl sites for hydroxylation is 1. The highest BCUT2D eigenvalue weighted by atomic mass is 15.0. The summed E-state index contributed by atoms with van der Waals surface area (Å²) in [7, 11) is 0. The minimum absolute atomic E-state index is 0.489. The fourth-order valence-electron chi connectivity index (χ4n) is 2.43. The van der Waals surface area contributed by atoms with Gasteiger partial charge in [0.2, 0.25) is 0 Å². The van der Waals surface area contributed by atoms with Crippen molar-refractivity contribution in [1.82, 2.24) is 10.3 Å². The Bertz CT molecular complexity index is 322. The van der Waals surface area contributed by atoms with E-state index < -0.39 is 0 Å². The average Bonchev–Trinajstić information content (AvgIpc) is 2.62. The number of aromatic nitrogens is 1. The highest BCUT2D eigenvalue weighted by molar-refractivity contribution is 5.27. The fraction of sp³-hybridized carbons (Fsp3) is 0.615. The first kappa shape index (κ1) is 10.6. The van der Waals surface area contributed by atoms with E-state index in [2.05, 4.69) is 30.2 Å². The van der Waals surface area contributed by atoms with Gasteiger partial charge < -0.3 is 5.32 Å². The molecule has 2 unspecified atom stereocenters. The topological polar surface area (TPSA) is 24.9 Å². The molecular formula is C13H20N2. The van der Waals surface area contributed by atoms with Gasteiger partial charge in [0.05, 0.1) is 11.7 Å². The fourth-order valence-corrected chi connectivity index (χ4v) is 2.43. The van der Waals surface area contributed by atoms with E-state index in [0.29, 0.717) is 12.1 Å². The van der Waals surface area contributed by atoms with Crippen LogP contribution < -0.4 is 5.32 Å². The predicted molar refractivity (Wildman–Crippen MR) is 62.8 cm³/mol. The van der Waals surface area contributed by atoms with Crippen LogP contribution in [-0.2, 0) is 6.42 Å². The summed E-state index contributed by atoms with van der Waals surface area (Å²) < 4.78 is 0. The zero-order chi connectivity index (χ0) is 10.7. The van der Waals surface area contributed by atoms with E-state index in [4.69, 9.17) is 0 Å². The van der Waals surface area contributed by atoms with Gasteiger partial charge in [-0.3, -0.25) is 4.98 Å². The molecule has 0 aliphatic heterocycles. The van der Waals surface area contributed by atoms with Gasteiger partial charge in [-0.2, -0.15) is 0 Å². The first-order valence-electron chi connectivity index (χ1n) is 6.01. The summed E-state index contributed by atoms with van der Waals surface area (Å²) in [4.78, 5) is 4.49. The van der Waals surface area contributed by atoms with Gasteiger partial charge in [0, 0.05) is 12.2 Å². The van der Waals surface area contributed by atoms with Crippen LogP contribution in [0.4, 0.5) is 0 Å². The molecule has 2 atom stereocenters. The maximum atomic E-state index is 4.49. The lowest BCUT2D eigenvalue weighted by Crippen LogP contribution is -2.29. The number of fused-ring (bicyclic) bond motifs is 1. The van der Waals surface area contributed by atoms with Crippen LogP contribution in [0.5, 0.6) is 0 Å². The van der Waals surface area contributed by atoms with Crippen molar-refractivity contribution in [3.8, 4) is 0 Å². The summed E-state index contributed by atoms with van der Waals surface area (Å²) >= 11 is 0. The van der Waals surface area contributed by atoms with Crippen LogP contribution in [0.15, 0.2) is 18.3 Å². The van der Waals surface area contributed by atoms with Crippen LogP contribution in [0.2, 0.25) is 0 Å². The number of hydrogen-bond donors (Lipinski definition) is 1. The Hall–Kier alpha value is -0.890. The van der Waals surface area contributed by atoms with E-state index >= 15 is 0 Å². The molecule has 0 bridgehead atoms. The monoisotopic (exact) mass is 204 g/mol. The first-order valence-corrected chi connectivity index (χ1v) is 6.01. The van der Waals surface area contributed by atoms with E-state index in [1.807, 2.05) is 12.3 Å². The lowest BCUT2D eigenvalue weighted by molar-refractivity contribution is 0.426. The molecule has 1 aromatic rings.